The fraction of sp³-hybridized carbons (Fsp3) is 0.273. The van der Waals surface area contributed by atoms with E-state index in [2.05, 4.69) is 6.58 Å². The number of benzene rings is 1. The first-order valence-corrected chi connectivity index (χ1v) is 5.13. The van der Waals surface area contributed by atoms with Crippen LogP contribution in [-0.2, 0) is 0 Å². The smallest absolute Gasteiger partial charge is 0.274 e. The molecule has 0 aliphatic rings. The van der Waals surface area contributed by atoms with Crippen LogP contribution in [0.4, 0.5) is 5.69 Å². The van der Waals surface area contributed by atoms with E-state index in [1.54, 1.807) is 0 Å². The van der Waals surface area contributed by atoms with E-state index in [0.717, 1.165) is 5.57 Å². The average Bonchev–Trinajstić information content (AvgIpc) is 2.15. The van der Waals surface area contributed by atoms with E-state index in [0.29, 0.717) is 17.0 Å². The van der Waals surface area contributed by atoms with Crippen LogP contribution in [0.25, 0.3) is 0 Å². The molecule has 0 saturated carbocycles. The zero-order valence-electron chi connectivity index (χ0n) is 8.94. The van der Waals surface area contributed by atoms with Gasteiger partial charge in [-0.1, -0.05) is 17.2 Å². The summed E-state index contributed by atoms with van der Waals surface area (Å²) in [6.45, 7) is 5.56. The second-order valence-corrected chi connectivity index (χ2v) is 4.16. The molecule has 0 spiro atoms. The Bertz CT molecular complexity index is 432. The minimum Gasteiger partial charge on any atom is -0.323 e. The topological polar surface area (TPSA) is 69.2 Å². The first-order chi connectivity index (χ1) is 7.41. The molecule has 1 aromatic carbocycles. The molecular weight excluding hydrogens is 228 g/mol. The van der Waals surface area contributed by atoms with Crippen LogP contribution in [0.1, 0.15) is 24.9 Å². The van der Waals surface area contributed by atoms with Gasteiger partial charge >= 0.3 is 0 Å². The van der Waals surface area contributed by atoms with Gasteiger partial charge in [-0.15, -0.1) is 6.58 Å². The van der Waals surface area contributed by atoms with Crippen molar-refractivity contribution in [2.24, 2.45) is 5.73 Å². The van der Waals surface area contributed by atoms with Gasteiger partial charge in [0.1, 0.15) is 0 Å². The van der Waals surface area contributed by atoms with Gasteiger partial charge in [-0.25, -0.2) is 0 Å². The number of nitro groups is 1. The van der Waals surface area contributed by atoms with Crippen LogP contribution in [-0.4, -0.2) is 4.92 Å². The molecule has 0 bridgehead atoms. The third-order valence-electron chi connectivity index (χ3n) is 2.15. The van der Waals surface area contributed by atoms with Crippen molar-refractivity contribution in [2.75, 3.05) is 0 Å². The Hall–Kier alpha value is -1.39. The third kappa shape index (κ3) is 3.05. The highest BCUT2D eigenvalue weighted by Crippen LogP contribution is 2.29. The van der Waals surface area contributed by atoms with Crippen LogP contribution in [0, 0.1) is 10.1 Å². The lowest BCUT2D eigenvalue weighted by molar-refractivity contribution is -0.385. The van der Waals surface area contributed by atoms with Crippen molar-refractivity contribution < 1.29 is 4.92 Å². The summed E-state index contributed by atoms with van der Waals surface area (Å²) in [5.74, 6) is 0. The normalized spacial score (nSPS) is 12.2. The summed E-state index contributed by atoms with van der Waals surface area (Å²) in [4.78, 5) is 10.4. The Morgan fingerprint density at radius 3 is 2.81 bits per heavy atom. The lowest BCUT2D eigenvalue weighted by Crippen LogP contribution is -2.12. The molecular formula is C11H13ClN2O2. The van der Waals surface area contributed by atoms with Gasteiger partial charge in [0.2, 0.25) is 0 Å². The van der Waals surface area contributed by atoms with E-state index in [1.807, 2.05) is 6.92 Å². The van der Waals surface area contributed by atoms with Crippen LogP contribution in [0.5, 0.6) is 0 Å². The molecule has 1 rings (SSSR count). The summed E-state index contributed by atoms with van der Waals surface area (Å²) in [5, 5.41) is 11.3. The predicted octanol–water partition coefficient (Wildman–Crippen LogP) is 3.21. The van der Waals surface area contributed by atoms with E-state index >= 15 is 0 Å². The maximum Gasteiger partial charge on any atom is 0.274 e. The van der Waals surface area contributed by atoms with Gasteiger partial charge in [-0.2, -0.15) is 0 Å². The number of hydrogen-bond acceptors (Lipinski definition) is 3. The monoisotopic (exact) mass is 240 g/mol. The number of halogens is 1. The lowest BCUT2D eigenvalue weighted by atomic mass is 10.00. The number of nitro benzene ring substituents is 1. The molecule has 0 fully saturated rings. The van der Waals surface area contributed by atoms with Crippen molar-refractivity contribution in [3.05, 3.63) is 51.1 Å². The minimum absolute atomic E-state index is 0.00171. The molecule has 86 valence electrons. The maximum absolute atomic E-state index is 10.8. The maximum atomic E-state index is 10.8. The van der Waals surface area contributed by atoms with Gasteiger partial charge in [-0.05, 0) is 25.5 Å². The molecule has 0 radical (unpaired) electrons. The highest BCUT2D eigenvalue weighted by atomic mass is 35.5. The summed E-state index contributed by atoms with van der Waals surface area (Å²) >= 11 is 5.80. The molecule has 0 aliphatic heterocycles. The third-order valence-corrected chi connectivity index (χ3v) is 2.39. The summed E-state index contributed by atoms with van der Waals surface area (Å²) in [6, 6.07) is 3.94. The van der Waals surface area contributed by atoms with E-state index in [-0.39, 0.29) is 5.69 Å². The van der Waals surface area contributed by atoms with Gasteiger partial charge < -0.3 is 5.73 Å². The van der Waals surface area contributed by atoms with E-state index in [1.165, 1.54) is 18.2 Å². The molecule has 0 heterocycles. The molecule has 0 aliphatic carbocycles. The van der Waals surface area contributed by atoms with Crippen molar-refractivity contribution in [3.8, 4) is 0 Å². The first kappa shape index (κ1) is 12.7. The molecule has 4 nitrogen and oxygen atoms in total. The Balaban J connectivity index is 3.13. The number of nitrogens with two attached hydrogens (primary N) is 1. The highest BCUT2D eigenvalue weighted by molar-refractivity contribution is 6.30. The largest absolute Gasteiger partial charge is 0.323 e. The van der Waals surface area contributed by atoms with Gasteiger partial charge in [0.15, 0.2) is 0 Å². The second-order valence-electron chi connectivity index (χ2n) is 3.73. The van der Waals surface area contributed by atoms with E-state index in [4.69, 9.17) is 17.3 Å². The minimum atomic E-state index is -0.454. The van der Waals surface area contributed by atoms with Crippen molar-refractivity contribution in [1.82, 2.24) is 0 Å². The van der Waals surface area contributed by atoms with Crippen LogP contribution < -0.4 is 5.73 Å². The summed E-state index contributed by atoms with van der Waals surface area (Å²) < 4.78 is 0. The summed E-state index contributed by atoms with van der Waals surface area (Å²) in [6.07, 6.45) is 0.501. The summed E-state index contributed by atoms with van der Waals surface area (Å²) in [7, 11) is 0. The molecule has 2 N–H and O–H groups in total. The van der Waals surface area contributed by atoms with E-state index in [9.17, 15) is 10.1 Å². The van der Waals surface area contributed by atoms with Gasteiger partial charge in [0.05, 0.1) is 4.92 Å². The van der Waals surface area contributed by atoms with Gasteiger partial charge in [0, 0.05) is 22.7 Å². The zero-order valence-corrected chi connectivity index (χ0v) is 9.70. The molecule has 0 saturated heterocycles. The number of hydrogen-bond donors (Lipinski definition) is 1. The fourth-order valence-corrected chi connectivity index (χ4v) is 1.65. The molecule has 16 heavy (non-hydrogen) atoms. The van der Waals surface area contributed by atoms with Crippen LogP contribution >= 0.6 is 11.6 Å². The Morgan fingerprint density at radius 2 is 2.31 bits per heavy atom. The quantitative estimate of drug-likeness (QED) is 0.499. The molecule has 1 atom stereocenters. The molecule has 1 aromatic rings. The fourth-order valence-electron chi connectivity index (χ4n) is 1.47. The number of rotatable bonds is 4. The van der Waals surface area contributed by atoms with Gasteiger partial charge in [-0.3, -0.25) is 10.1 Å². The molecule has 0 unspecified atom stereocenters. The molecule has 0 aromatic heterocycles. The van der Waals surface area contributed by atoms with Crippen LogP contribution in [0.2, 0.25) is 5.02 Å². The molecule has 5 heteroatoms. The van der Waals surface area contributed by atoms with Crippen molar-refractivity contribution in [1.29, 1.82) is 0 Å². The Kier molecular flexibility index (Phi) is 4.04. The highest BCUT2D eigenvalue weighted by Gasteiger charge is 2.19. The predicted molar refractivity (Wildman–Crippen MR) is 64.5 cm³/mol. The van der Waals surface area contributed by atoms with Crippen molar-refractivity contribution in [3.63, 3.8) is 0 Å². The van der Waals surface area contributed by atoms with Crippen molar-refractivity contribution in [2.45, 2.75) is 19.4 Å². The van der Waals surface area contributed by atoms with E-state index < -0.39 is 11.0 Å². The van der Waals surface area contributed by atoms with Crippen LogP contribution in [0.3, 0.4) is 0 Å². The van der Waals surface area contributed by atoms with Crippen molar-refractivity contribution >= 4 is 17.3 Å². The zero-order chi connectivity index (χ0) is 12.3. The lowest BCUT2D eigenvalue weighted by Gasteiger charge is -2.12. The van der Waals surface area contributed by atoms with Crippen LogP contribution in [0.15, 0.2) is 30.4 Å². The Morgan fingerprint density at radius 1 is 1.69 bits per heavy atom. The second kappa shape index (κ2) is 5.09. The summed E-state index contributed by atoms with van der Waals surface area (Å²) in [5.41, 5.74) is 7.20. The van der Waals surface area contributed by atoms with Gasteiger partial charge in [0.25, 0.3) is 5.69 Å². The number of nitrogens with zero attached hydrogens (tertiary/aromatic N) is 1. The standard InChI is InChI=1S/C11H13ClN2O2/c1-7(2)5-10(13)9-6-8(12)3-4-11(9)14(15)16/h3-4,6,10H,1,5,13H2,2H3/t10-/m1/s1. The molecule has 0 amide bonds. The SMILES string of the molecule is C=C(C)C[C@@H](N)c1cc(Cl)ccc1[N+](=O)[O-]. The Labute approximate surface area is 98.9 Å². The average molecular weight is 241 g/mol. The first-order valence-electron chi connectivity index (χ1n) is 4.75.